The average Bonchev–Trinajstić information content (AvgIpc) is 3.09. The van der Waals surface area contributed by atoms with Crippen LogP contribution in [0, 0.1) is 13.8 Å². The molecule has 1 aliphatic rings. The van der Waals surface area contributed by atoms with E-state index in [2.05, 4.69) is 20.2 Å². The van der Waals surface area contributed by atoms with Crippen LogP contribution in [0.5, 0.6) is 0 Å². The number of nitrogens with two attached hydrogens (primary N) is 1. The Labute approximate surface area is 126 Å². The lowest BCUT2D eigenvalue weighted by Gasteiger charge is -2.07. The molecular formula is C13H17N5O2S. The van der Waals surface area contributed by atoms with Gasteiger partial charge in [0.1, 0.15) is 16.3 Å². The standard InChI is InChI=1S/C13H17N5O2S/c1-6-9(7(2)20-17-6)5-15-13-10(11(14)18-21-13)12(19)16-8-3-4-8/h8,15H,3-5H2,1-2H3,(H2,14,18)(H,16,19). The summed E-state index contributed by atoms with van der Waals surface area (Å²) in [4.78, 5) is 12.2. The van der Waals surface area contributed by atoms with Gasteiger partial charge in [-0.25, -0.2) is 0 Å². The minimum Gasteiger partial charge on any atom is -0.382 e. The summed E-state index contributed by atoms with van der Waals surface area (Å²) in [5.41, 5.74) is 8.06. The van der Waals surface area contributed by atoms with Crippen LogP contribution in [0.2, 0.25) is 0 Å². The fourth-order valence-electron chi connectivity index (χ4n) is 2.05. The highest BCUT2D eigenvalue weighted by atomic mass is 32.1. The summed E-state index contributed by atoms with van der Waals surface area (Å²) < 4.78 is 9.19. The van der Waals surface area contributed by atoms with Crippen molar-refractivity contribution in [3.05, 3.63) is 22.6 Å². The second-order valence-corrected chi connectivity index (χ2v) is 5.95. The van der Waals surface area contributed by atoms with Crippen molar-refractivity contribution in [2.24, 2.45) is 0 Å². The van der Waals surface area contributed by atoms with Gasteiger partial charge >= 0.3 is 0 Å². The lowest BCUT2D eigenvalue weighted by molar-refractivity contribution is 0.0953. The SMILES string of the molecule is Cc1noc(C)c1CNc1snc(N)c1C(=O)NC1CC1. The number of carbonyl (C=O) groups is 1. The topological polar surface area (TPSA) is 106 Å². The smallest absolute Gasteiger partial charge is 0.258 e. The zero-order valence-corrected chi connectivity index (χ0v) is 12.7. The Morgan fingerprint density at radius 1 is 1.48 bits per heavy atom. The number of aromatic nitrogens is 2. The van der Waals surface area contributed by atoms with Gasteiger partial charge in [-0.15, -0.1) is 0 Å². The summed E-state index contributed by atoms with van der Waals surface area (Å²) in [5, 5.41) is 10.7. The second-order valence-electron chi connectivity index (χ2n) is 5.18. The van der Waals surface area contributed by atoms with E-state index in [0.717, 1.165) is 29.9 Å². The van der Waals surface area contributed by atoms with Gasteiger partial charge in [0, 0.05) is 18.2 Å². The van der Waals surface area contributed by atoms with E-state index in [9.17, 15) is 4.79 Å². The molecule has 112 valence electrons. The summed E-state index contributed by atoms with van der Waals surface area (Å²) in [6.45, 7) is 4.26. The van der Waals surface area contributed by atoms with Crippen LogP contribution in [0.1, 0.15) is 40.2 Å². The van der Waals surface area contributed by atoms with Crippen LogP contribution in [-0.4, -0.2) is 21.5 Å². The van der Waals surface area contributed by atoms with Crippen molar-refractivity contribution in [2.75, 3.05) is 11.1 Å². The molecule has 0 bridgehead atoms. The Balaban J connectivity index is 1.75. The number of nitrogens with one attached hydrogen (secondary N) is 2. The van der Waals surface area contributed by atoms with E-state index < -0.39 is 0 Å². The summed E-state index contributed by atoms with van der Waals surface area (Å²) >= 11 is 1.19. The molecule has 0 spiro atoms. The van der Waals surface area contributed by atoms with Gasteiger partial charge in [0.15, 0.2) is 5.82 Å². The number of aryl methyl sites for hydroxylation is 2. The highest BCUT2D eigenvalue weighted by Gasteiger charge is 2.27. The van der Waals surface area contributed by atoms with Crippen molar-refractivity contribution in [2.45, 2.75) is 39.3 Å². The van der Waals surface area contributed by atoms with Crippen LogP contribution in [0.15, 0.2) is 4.52 Å². The molecule has 0 radical (unpaired) electrons. The van der Waals surface area contributed by atoms with E-state index in [-0.39, 0.29) is 17.8 Å². The lowest BCUT2D eigenvalue weighted by atomic mass is 10.2. The second kappa shape index (κ2) is 5.36. The summed E-state index contributed by atoms with van der Waals surface area (Å²) in [6, 6.07) is 0.284. The first-order valence-electron chi connectivity index (χ1n) is 6.78. The van der Waals surface area contributed by atoms with Gasteiger partial charge in [-0.3, -0.25) is 4.79 Å². The van der Waals surface area contributed by atoms with Crippen LogP contribution in [0.3, 0.4) is 0 Å². The Morgan fingerprint density at radius 2 is 2.24 bits per heavy atom. The molecule has 4 N–H and O–H groups in total. The minimum absolute atomic E-state index is 0.162. The van der Waals surface area contributed by atoms with Gasteiger partial charge in [-0.2, -0.15) is 4.37 Å². The molecule has 1 aliphatic carbocycles. The number of carbonyl (C=O) groups excluding carboxylic acids is 1. The van der Waals surface area contributed by atoms with Crippen molar-refractivity contribution in [3.63, 3.8) is 0 Å². The first-order chi connectivity index (χ1) is 10.1. The number of rotatable bonds is 5. The quantitative estimate of drug-likeness (QED) is 0.778. The van der Waals surface area contributed by atoms with Crippen LogP contribution in [-0.2, 0) is 6.54 Å². The first-order valence-corrected chi connectivity index (χ1v) is 7.55. The zero-order chi connectivity index (χ0) is 15.0. The largest absolute Gasteiger partial charge is 0.382 e. The predicted molar refractivity (Wildman–Crippen MR) is 80.3 cm³/mol. The molecule has 1 amide bonds. The van der Waals surface area contributed by atoms with E-state index in [1.54, 1.807) is 0 Å². The Hall–Kier alpha value is -2.09. The number of anilines is 2. The normalized spacial score (nSPS) is 14.2. The maximum atomic E-state index is 12.2. The summed E-state index contributed by atoms with van der Waals surface area (Å²) in [5.74, 6) is 0.867. The number of amides is 1. The van der Waals surface area contributed by atoms with Gasteiger partial charge in [0.05, 0.1) is 5.69 Å². The molecule has 0 aromatic carbocycles. The molecule has 0 aliphatic heterocycles. The molecule has 2 heterocycles. The lowest BCUT2D eigenvalue weighted by Crippen LogP contribution is -2.26. The maximum absolute atomic E-state index is 12.2. The molecule has 21 heavy (non-hydrogen) atoms. The monoisotopic (exact) mass is 307 g/mol. The fraction of sp³-hybridized carbons (Fsp3) is 0.462. The molecule has 0 unspecified atom stereocenters. The first kappa shape index (κ1) is 13.9. The van der Waals surface area contributed by atoms with E-state index in [0.29, 0.717) is 17.1 Å². The summed E-state index contributed by atoms with van der Waals surface area (Å²) in [6.07, 6.45) is 2.07. The molecule has 0 atom stereocenters. The van der Waals surface area contributed by atoms with Crippen molar-refractivity contribution >= 4 is 28.3 Å². The average molecular weight is 307 g/mol. The minimum atomic E-state index is -0.162. The van der Waals surface area contributed by atoms with Crippen molar-refractivity contribution < 1.29 is 9.32 Å². The number of nitrogen functional groups attached to an aromatic ring is 1. The zero-order valence-electron chi connectivity index (χ0n) is 11.9. The molecule has 3 rings (SSSR count). The predicted octanol–water partition coefficient (Wildman–Crippen LogP) is 1.83. The Kier molecular flexibility index (Phi) is 3.54. The van der Waals surface area contributed by atoms with Crippen molar-refractivity contribution in [1.29, 1.82) is 0 Å². The Bertz CT molecular complexity index is 655. The highest BCUT2D eigenvalue weighted by Crippen LogP contribution is 2.29. The van der Waals surface area contributed by atoms with E-state index in [1.165, 1.54) is 11.5 Å². The third-order valence-electron chi connectivity index (χ3n) is 3.47. The van der Waals surface area contributed by atoms with Crippen LogP contribution < -0.4 is 16.4 Å². The van der Waals surface area contributed by atoms with E-state index >= 15 is 0 Å². The third-order valence-corrected chi connectivity index (χ3v) is 4.28. The summed E-state index contributed by atoms with van der Waals surface area (Å²) in [7, 11) is 0. The van der Waals surface area contributed by atoms with Crippen molar-refractivity contribution in [3.8, 4) is 0 Å². The molecule has 1 saturated carbocycles. The Morgan fingerprint density at radius 3 is 2.86 bits per heavy atom. The fourth-order valence-corrected chi connectivity index (χ4v) is 2.76. The van der Waals surface area contributed by atoms with Gasteiger partial charge in [0.25, 0.3) is 5.91 Å². The molecule has 7 nitrogen and oxygen atoms in total. The molecule has 1 fully saturated rings. The van der Waals surface area contributed by atoms with Gasteiger partial charge in [-0.05, 0) is 38.2 Å². The van der Waals surface area contributed by atoms with Crippen LogP contribution in [0.4, 0.5) is 10.8 Å². The maximum Gasteiger partial charge on any atom is 0.258 e. The number of nitrogens with zero attached hydrogens (tertiary/aromatic N) is 2. The molecule has 0 saturated heterocycles. The van der Waals surface area contributed by atoms with Gasteiger partial charge in [-0.1, -0.05) is 5.16 Å². The number of hydrogen-bond donors (Lipinski definition) is 3. The molecular weight excluding hydrogens is 290 g/mol. The molecule has 2 aromatic heterocycles. The molecule has 2 aromatic rings. The molecule has 8 heteroatoms. The van der Waals surface area contributed by atoms with Crippen molar-refractivity contribution in [1.82, 2.24) is 14.8 Å². The van der Waals surface area contributed by atoms with Gasteiger partial charge in [0.2, 0.25) is 0 Å². The van der Waals surface area contributed by atoms with E-state index in [4.69, 9.17) is 10.3 Å². The van der Waals surface area contributed by atoms with Gasteiger partial charge < -0.3 is 20.9 Å². The third kappa shape index (κ3) is 2.85. The van der Waals surface area contributed by atoms with Crippen LogP contribution >= 0.6 is 11.5 Å². The van der Waals surface area contributed by atoms with E-state index in [1.807, 2.05) is 13.8 Å². The number of hydrogen-bond acceptors (Lipinski definition) is 7. The van der Waals surface area contributed by atoms with Crippen LogP contribution in [0.25, 0.3) is 0 Å². The highest BCUT2D eigenvalue weighted by molar-refractivity contribution is 7.11.